The first-order valence-electron chi connectivity index (χ1n) is 6.61. The maximum Gasteiger partial charge on any atom is 0.00513 e. The summed E-state index contributed by atoms with van der Waals surface area (Å²) in [5.41, 5.74) is 9.42. The normalized spacial score (nSPS) is 22.7. The fourth-order valence-corrected chi connectivity index (χ4v) is 3.92. The first-order valence-corrected chi connectivity index (χ1v) is 7.49. The van der Waals surface area contributed by atoms with Gasteiger partial charge >= 0.3 is 0 Å². The number of rotatable bonds is 3. The van der Waals surface area contributed by atoms with Crippen molar-refractivity contribution in [2.24, 2.45) is 11.1 Å². The van der Waals surface area contributed by atoms with Crippen LogP contribution in [0.3, 0.4) is 0 Å². The number of hydrogen-bond donors (Lipinski definition) is 1. The lowest BCUT2D eigenvalue weighted by Crippen LogP contribution is -2.38. The number of benzene rings is 1. The van der Waals surface area contributed by atoms with Crippen molar-refractivity contribution in [3.05, 3.63) is 57.8 Å². The molecule has 94 valence electrons. The molecule has 2 heteroatoms. The van der Waals surface area contributed by atoms with E-state index in [1.165, 1.54) is 28.8 Å². The highest BCUT2D eigenvalue weighted by atomic mass is 32.1. The second kappa shape index (κ2) is 4.87. The number of thiophene rings is 1. The summed E-state index contributed by atoms with van der Waals surface area (Å²) in [7, 11) is 0. The van der Waals surface area contributed by atoms with Crippen LogP contribution in [0.1, 0.15) is 22.4 Å². The summed E-state index contributed by atoms with van der Waals surface area (Å²) in [5, 5.41) is 2.16. The summed E-state index contributed by atoms with van der Waals surface area (Å²) in [6.07, 6.45) is 4.67. The van der Waals surface area contributed by atoms with Crippen molar-refractivity contribution in [3.63, 3.8) is 0 Å². The van der Waals surface area contributed by atoms with Crippen molar-refractivity contribution in [1.29, 1.82) is 0 Å². The molecule has 1 nitrogen and oxygen atoms in total. The van der Waals surface area contributed by atoms with Crippen LogP contribution >= 0.6 is 11.3 Å². The Hall–Kier alpha value is -1.12. The van der Waals surface area contributed by atoms with Gasteiger partial charge in [0.2, 0.25) is 0 Å². The summed E-state index contributed by atoms with van der Waals surface area (Å²) < 4.78 is 0. The molecule has 1 aliphatic rings. The topological polar surface area (TPSA) is 26.0 Å². The first kappa shape index (κ1) is 11.9. The van der Waals surface area contributed by atoms with Crippen molar-refractivity contribution in [2.75, 3.05) is 6.54 Å². The Bertz CT molecular complexity index is 518. The molecule has 1 unspecified atom stereocenters. The van der Waals surface area contributed by atoms with Crippen LogP contribution in [0.15, 0.2) is 41.8 Å². The SMILES string of the molecule is NCC1(Cc2cccs2)CCc2ccccc2C1. The van der Waals surface area contributed by atoms with Crippen LogP contribution in [0.2, 0.25) is 0 Å². The highest BCUT2D eigenvalue weighted by Crippen LogP contribution is 2.38. The lowest BCUT2D eigenvalue weighted by molar-refractivity contribution is 0.256. The van der Waals surface area contributed by atoms with E-state index in [0.717, 1.165) is 19.4 Å². The molecule has 0 amide bonds. The quantitative estimate of drug-likeness (QED) is 0.895. The van der Waals surface area contributed by atoms with Gasteiger partial charge in [-0.15, -0.1) is 11.3 Å². The molecule has 0 saturated heterocycles. The molecule has 0 aliphatic heterocycles. The Morgan fingerprint density at radius 1 is 1.11 bits per heavy atom. The smallest absolute Gasteiger partial charge is 0.00513 e. The van der Waals surface area contributed by atoms with Crippen LogP contribution in [0, 0.1) is 5.41 Å². The Balaban J connectivity index is 1.86. The van der Waals surface area contributed by atoms with E-state index in [1.54, 1.807) is 0 Å². The molecule has 0 bridgehead atoms. The van der Waals surface area contributed by atoms with Gasteiger partial charge in [0.1, 0.15) is 0 Å². The highest BCUT2D eigenvalue weighted by Gasteiger charge is 2.33. The molecular weight excluding hydrogens is 238 g/mol. The van der Waals surface area contributed by atoms with Gasteiger partial charge < -0.3 is 5.73 Å². The van der Waals surface area contributed by atoms with Gasteiger partial charge in [0.15, 0.2) is 0 Å². The third-order valence-electron chi connectivity index (χ3n) is 4.17. The minimum Gasteiger partial charge on any atom is -0.330 e. The summed E-state index contributed by atoms with van der Waals surface area (Å²) >= 11 is 1.86. The van der Waals surface area contributed by atoms with Crippen LogP contribution in [0.25, 0.3) is 0 Å². The van der Waals surface area contributed by atoms with Gasteiger partial charge in [-0.1, -0.05) is 30.3 Å². The van der Waals surface area contributed by atoms with E-state index in [-0.39, 0.29) is 5.41 Å². The van der Waals surface area contributed by atoms with E-state index in [2.05, 4.69) is 41.8 Å². The molecule has 3 rings (SSSR count). The molecule has 1 aliphatic carbocycles. The van der Waals surface area contributed by atoms with Gasteiger partial charge in [0, 0.05) is 4.88 Å². The third-order valence-corrected chi connectivity index (χ3v) is 5.05. The zero-order chi connectivity index (χ0) is 12.4. The molecule has 1 atom stereocenters. The first-order chi connectivity index (χ1) is 8.81. The fourth-order valence-electron chi connectivity index (χ4n) is 3.05. The Morgan fingerprint density at radius 2 is 1.94 bits per heavy atom. The third kappa shape index (κ3) is 2.23. The highest BCUT2D eigenvalue weighted by molar-refractivity contribution is 7.09. The second-order valence-electron chi connectivity index (χ2n) is 5.41. The molecule has 1 aromatic heterocycles. The van der Waals surface area contributed by atoms with Gasteiger partial charge in [-0.2, -0.15) is 0 Å². The predicted octanol–water partition coefficient (Wildman–Crippen LogP) is 3.42. The maximum absolute atomic E-state index is 6.12. The van der Waals surface area contributed by atoms with Crippen LogP contribution in [-0.2, 0) is 19.3 Å². The lowest BCUT2D eigenvalue weighted by atomic mass is 9.69. The predicted molar refractivity (Wildman–Crippen MR) is 78.0 cm³/mol. The van der Waals surface area contributed by atoms with Crippen LogP contribution < -0.4 is 5.73 Å². The average molecular weight is 257 g/mol. The standard InChI is InChI=1S/C16H19NS/c17-12-16(11-15-6-3-9-18-15)8-7-13-4-1-2-5-14(13)10-16/h1-6,9H,7-8,10-12,17H2. The van der Waals surface area contributed by atoms with E-state index >= 15 is 0 Å². The van der Waals surface area contributed by atoms with Crippen molar-refractivity contribution in [1.82, 2.24) is 0 Å². The van der Waals surface area contributed by atoms with Crippen LogP contribution in [-0.4, -0.2) is 6.54 Å². The van der Waals surface area contributed by atoms with Gasteiger partial charge in [-0.25, -0.2) is 0 Å². The van der Waals surface area contributed by atoms with Crippen LogP contribution in [0.4, 0.5) is 0 Å². The van der Waals surface area contributed by atoms with E-state index in [9.17, 15) is 0 Å². The molecular formula is C16H19NS. The molecule has 1 heterocycles. The molecule has 0 saturated carbocycles. The molecule has 2 N–H and O–H groups in total. The number of nitrogens with two attached hydrogens (primary N) is 1. The second-order valence-corrected chi connectivity index (χ2v) is 6.44. The molecule has 0 fully saturated rings. The van der Waals surface area contributed by atoms with Crippen molar-refractivity contribution >= 4 is 11.3 Å². The van der Waals surface area contributed by atoms with E-state index in [1.807, 2.05) is 11.3 Å². The largest absolute Gasteiger partial charge is 0.330 e. The van der Waals surface area contributed by atoms with Crippen LogP contribution in [0.5, 0.6) is 0 Å². The van der Waals surface area contributed by atoms with Gasteiger partial charge in [0.25, 0.3) is 0 Å². The summed E-state index contributed by atoms with van der Waals surface area (Å²) in [5.74, 6) is 0. The molecule has 18 heavy (non-hydrogen) atoms. The van der Waals surface area contributed by atoms with E-state index < -0.39 is 0 Å². The van der Waals surface area contributed by atoms with Crippen molar-refractivity contribution < 1.29 is 0 Å². The molecule has 0 radical (unpaired) electrons. The van der Waals surface area contributed by atoms with Gasteiger partial charge in [0.05, 0.1) is 0 Å². The minimum atomic E-state index is 0.277. The zero-order valence-electron chi connectivity index (χ0n) is 10.6. The number of fused-ring (bicyclic) bond motifs is 1. The van der Waals surface area contributed by atoms with E-state index in [4.69, 9.17) is 5.73 Å². The summed E-state index contributed by atoms with van der Waals surface area (Å²) in [6.45, 7) is 0.791. The van der Waals surface area contributed by atoms with Crippen molar-refractivity contribution in [3.8, 4) is 0 Å². The average Bonchev–Trinajstić information content (AvgIpc) is 2.91. The fraction of sp³-hybridized carbons (Fsp3) is 0.375. The Morgan fingerprint density at radius 3 is 2.67 bits per heavy atom. The maximum atomic E-state index is 6.12. The Labute approximate surface area is 113 Å². The zero-order valence-corrected chi connectivity index (χ0v) is 11.4. The summed E-state index contributed by atoms with van der Waals surface area (Å²) in [4.78, 5) is 1.47. The summed E-state index contributed by atoms with van der Waals surface area (Å²) in [6, 6.07) is 13.2. The minimum absolute atomic E-state index is 0.277. The van der Waals surface area contributed by atoms with E-state index in [0.29, 0.717) is 0 Å². The monoisotopic (exact) mass is 257 g/mol. The lowest BCUT2D eigenvalue weighted by Gasteiger charge is -2.37. The molecule has 2 aromatic rings. The molecule has 1 aromatic carbocycles. The number of aryl methyl sites for hydroxylation is 1. The number of hydrogen-bond acceptors (Lipinski definition) is 2. The Kier molecular flexibility index (Phi) is 3.23. The van der Waals surface area contributed by atoms with Gasteiger partial charge in [-0.3, -0.25) is 0 Å². The van der Waals surface area contributed by atoms with Gasteiger partial charge in [-0.05, 0) is 60.2 Å². The van der Waals surface area contributed by atoms with Crippen molar-refractivity contribution in [2.45, 2.75) is 25.7 Å². The molecule has 0 spiro atoms.